The fourth-order valence-corrected chi connectivity index (χ4v) is 3.77. The fourth-order valence-electron chi connectivity index (χ4n) is 3.77. The van der Waals surface area contributed by atoms with Crippen LogP contribution < -0.4 is 4.90 Å². The number of ketones is 1. The van der Waals surface area contributed by atoms with Gasteiger partial charge in [-0.3, -0.25) is 4.79 Å². The van der Waals surface area contributed by atoms with E-state index in [1.54, 1.807) is 6.92 Å². The Balaban J connectivity index is 1.96. The Bertz CT molecular complexity index is 454. The first kappa shape index (κ1) is 11.8. The summed E-state index contributed by atoms with van der Waals surface area (Å²) in [4.78, 5) is 14.3. The quantitative estimate of drug-likeness (QED) is 0.739. The standard InChI is InChI=1S/C16H21NO/c1-12(18)14-8-2-3-9-16(14)17-11-5-7-13-6-4-10-15(13)17/h2-3,8-9,13,15H,4-7,10-11H2,1H3. The molecule has 2 aliphatic rings. The molecule has 0 radical (unpaired) electrons. The van der Waals surface area contributed by atoms with Crippen molar-refractivity contribution in [1.29, 1.82) is 0 Å². The van der Waals surface area contributed by atoms with Crippen molar-refractivity contribution in [2.45, 2.75) is 45.1 Å². The van der Waals surface area contributed by atoms with Crippen LogP contribution in [0.1, 0.15) is 49.4 Å². The molecule has 0 spiro atoms. The number of carbonyl (C=O) groups excluding carboxylic acids is 1. The largest absolute Gasteiger partial charge is 0.368 e. The summed E-state index contributed by atoms with van der Waals surface area (Å²) in [5.41, 5.74) is 2.06. The molecule has 0 aromatic heterocycles. The van der Waals surface area contributed by atoms with Crippen LogP contribution in [0.4, 0.5) is 5.69 Å². The summed E-state index contributed by atoms with van der Waals surface area (Å²) in [7, 11) is 0. The molecule has 1 aliphatic carbocycles. The summed E-state index contributed by atoms with van der Waals surface area (Å²) < 4.78 is 0. The zero-order valence-corrected chi connectivity index (χ0v) is 11.1. The third kappa shape index (κ3) is 1.94. The smallest absolute Gasteiger partial charge is 0.161 e. The number of rotatable bonds is 2. The molecule has 0 N–H and O–H groups in total. The SMILES string of the molecule is CC(=O)c1ccccc1N1CCCC2CCCC21. The lowest BCUT2D eigenvalue weighted by atomic mass is 9.90. The zero-order chi connectivity index (χ0) is 12.5. The molecule has 1 saturated heterocycles. The number of anilines is 1. The molecule has 2 heteroatoms. The number of carbonyl (C=O) groups is 1. The summed E-state index contributed by atoms with van der Waals surface area (Å²) >= 11 is 0. The van der Waals surface area contributed by atoms with Gasteiger partial charge in [0, 0.05) is 23.8 Å². The van der Waals surface area contributed by atoms with Crippen LogP contribution in [0, 0.1) is 5.92 Å². The Morgan fingerprint density at radius 3 is 2.78 bits per heavy atom. The second-order valence-corrected chi connectivity index (χ2v) is 5.67. The van der Waals surface area contributed by atoms with Gasteiger partial charge < -0.3 is 4.90 Å². The average Bonchev–Trinajstić information content (AvgIpc) is 2.86. The van der Waals surface area contributed by atoms with E-state index in [-0.39, 0.29) is 5.78 Å². The Morgan fingerprint density at radius 1 is 1.17 bits per heavy atom. The summed E-state index contributed by atoms with van der Waals surface area (Å²) in [6.07, 6.45) is 6.69. The van der Waals surface area contributed by atoms with Gasteiger partial charge in [-0.15, -0.1) is 0 Å². The van der Waals surface area contributed by atoms with E-state index in [0.29, 0.717) is 6.04 Å². The molecule has 1 aromatic rings. The molecule has 1 aromatic carbocycles. The van der Waals surface area contributed by atoms with E-state index in [2.05, 4.69) is 17.0 Å². The lowest BCUT2D eigenvalue weighted by Gasteiger charge is -2.40. The molecule has 2 unspecified atom stereocenters. The molecular weight excluding hydrogens is 222 g/mol. The molecule has 96 valence electrons. The second-order valence-electron chi connectivity index (χ2n) is 5.67. The van der Waals surface area contributed by atoms with Gasteiger partial charge in [-0.2, -0.15) is 0 Å². The van der Waals surface area contributed by atoms with E-state index < -0.39 is 0 Å². The molecular formula is C16H21NO. The normalized spacial score (nSPS) is 27.1. The Morgan fingerprint density at radius 2 is 1.94 bits per heavy atom. The van der Waals surface area contributed by atoms with Crippen molar-refractivity contribution < 1.29 is 4.79 Å². The zero-order valence-electron chi connectivity index (χ0n) is 11.1. The van der Waals surface area contributed by atoms with Crippen LogP contribution in [0.2, 0.25) is 0 Å². The molecule has 1 saturated carbocycles. The maximum atomic E-state index is 11.8. The van der Waals surface area contributed by atoms with Gasteiger partial charge in [0.05, 0.1) is 0 Å². The first-order valence-corrected chi connectivity index (χ1v) is 7.14. The van der Waals surface area contributed by atoms with E-state index in [9.17, 15) is 4.79 Å². The number of fused-ring (bicyclic) bond motifs is 1. The van der Waals surface area contributed by atoms with Crippen molar-refractivity contribution >= 4 is 11.5 Å². The summed E-state index contributed by atoms with van der Waals surface area (Å²) in [5.74, 6) is 1.05. The minimum absolute atomic E-state index is 0.186. The van der Waals surface area contributed by atoms with Crippen LogP contribution in [-0.4, -0.2) is 18.4 Å². The predicted molar refractivity (Wildman–Crippen MR) is 74.2 cm³/mol. The summed E-state index contributed by atoms with van der Waals surface area (Å²) in [6, 6.07) is 8.80. The molecule has 2 nitrogen and oxygen atoms in total. The number of benzene rings is 1. The van der Waals surface area contributed by atoms with Gasteiger partial charge in [-0.05, 0) is 50.7 Å². The lowest BCUT2D eigenvalue weighted by molar-refractivity contribution is 0.101. The number of Topliss-reactive ketones (excluding diaryl/α,β-unsaturated/α-hetero) is 1. The molecule has 0 amide bonds. The van der Waals surface area contributed by atoms with Gasteiger partial charge in [0.2, 0.25) is 0 Å². The monoisotopic (exact) mass is 243 g/mol. The molecule has 2 atom stereocenters. The van der Waals surface area contributed by atoms with Gasteiger partial charge in [-0.1, -0.05) is 18.6 Å². The van der Waals surface area contributed by atoms with E-state index in [0.717, 1.165) is 18.0 Å². The van der Waals surface area contributed by atoms with Crippen LogP contribution in [0.5, 0.6) is 0 Å². The van der Waals surface area contributed by atoms with Gasteiger partial charge >= 0.3 is 0 Å². The van der Waals surface area contributed by atoms with Gasteiger partial charge in [0.25, 0.3) is 0 Å². The van der Waals surface area contributed by atoms with Crippen LogP contribution >= 0.6 is 0 Å². The molecule has 3 rings (SSSR count). The summed E-state index contributed by atoms with van der Waals surface area (Å²) in [5, 5.41) is 0. The highest BCUT2D eigenvalue weighted by Crippen LogP contribution is 2.40. The van der Waals surface area contributed by atoms with Crippen molar-refractivity contribution in [3.05, 3.63) is 29.8 Å². The Kier molecular flexibility index (Phi) is 3.11. The highest BCUT2D eigenvalue weighted by atomic mass is 16.1. The van der Waals surface area contributed by atoms with E-state index in [1.165, 1.54) is 37.8 Å². The molecule has 1 heterocycles. The third-order valence-electron chi connectivity index (χ3n) is 4.59. The van der Waals surface area contributed by atoms with Crippen LogP contribution in [0.25, 0.3) is 0 Å². The fraction of sp³-hybridized carbons (Fsp3) is 0.562. The molecule has 2 fully saturated rings. The van der Waals surface area contributed by atoms with Crippen molar-refractivity contribution in [1.82, 2.24) is 0 Å². The molecule has 0 bridgehead atoms. The van der Waals surface area contributed by atoms with E-state index in [1.807, 2.05) is 12.1 Å². The average molecular weight is 243 g/mol. The topological polar surface area (TPSA) is 20.3 Å². The van der Waals surface area contributed by atoms with Crippen LogP contribution in [0.15, 0.2) is 24.3 Å². The first-order chi connectivity index (χ1) is 8.77. The number of hydrogen-bond donors (Lipinski definition) is 0. The number of para-hydroxylation sites is 1. The predicted octanol–water partition coefficient (Wildman–Crippen LogP) is 3.66. The van der Waals surface area contributed by atoms with Gasteiger partial charge in [-0.25, -0.2) is 0 Å². The minimum atomic E-state index is 0.186. The minimum Gasteiger partial charge on any atom is -0.368 e. The van der Waals surface area contributed by atoms with E-state index >= 15 is 0 Å². The second kappa shape index (κ2) is 4.75. The molecule has 1 aliphatic heterocycles. The van der Waals surface area contributed by atoms with Crippen LogP contribution in [0.3, 0.4) is 0 Å². The van der Waals surface area contributed by atoms with Gasteiger partial charge in [0.15, 0.2) is 5.78 Å². The third-order valence-corrected chi connectivity index (χ3v) is 4.59. The van der Waals surface area contributed by atoms with Gasteiger partial charge in [0.1, 0.15) is 0 Å². The van der Waals surface area contributed by atoms with Crippen molar-refractivity contribution in [2.24, 2.45) is 5.92 Å². The van der Waals surface area contributed by atoms with Crippen molar-refractivity contribution in [3.8, 4) is 0 Å². The number of piperidine rings is 1. The van der Waals surface area contributed by atoms with E-state index in [4.69, 9.17) is 0 Å². The van der Waals surface area contributed by atoms with Crippen molar-refractivity contribution in [2.75, 3.05) is 11.4 Å². The Labute approximate surface area is 109 Å². The number of hydrogen-bond acceptors (Lipinski definition) is 2. The maximum absolute atomic E-state index is 11.8. The maximum Gasteiger partial charge on any atom is 0.161 e. The Hall–Kier alpha value is -1.31. The number of nitrogens with zero attached hydrogens (tertiary/aromatic N) is 1. The highest BCUT2D eigenvalue weighted by molar-refractivity contribution is 5.99. The lowest BCUT2D eigenvalue weighted by Crippen LogP contribution is -2.43. The first-order valence-electron chi connectivity index (χ1n) is 7.14. The van der Waals surface area contributed by atoms with Crippen LogP contribution in [-0.2, 0) is 0 Å². The van der Waals surface area contributed by atoms with Crippen molar-refractivity contribution in [3.63, 3.8) is 0 Å². The molecule has 18 heavy (non-hydrogen) atoms. The summed E-state index contributed by atoms with van der Waals surface area (Å²) in [6.45, 7) is 2.79. The highest BCUT2D eigenvalue weighted by Gasteiger charge is 2.35.